The van der Waals surface area contributed by atoms with Gasteiger partial charge in [-0.2, -0.15) is 0 Å². The van der Waals surface area contributed by atoms with E-state index in [1.54, 1.807) is 0 Å². The number of rotatable bonds is 33. The van der Waals surface area contributed by atoms with Crippen molar-refractivity contribution in [2.24, 2.45) is 40.9 Å². The number of azide groups is 8. The first-order chi connectivity index (χ1) is 51.4. The van der Waals surface area contributed by atoms with Crippen molar-refractivity contribution in [3.63, 3.8) is 0 Å². The Hall–Kier alpha value is -11.2. The van der Waals surface area contributed by atoms with E-state index in [4.69, 9.17) is 94.7 Å². The van der Waals surface area contributed by atoms with Crippen LogP contribution in [0.2, 0.25) is 0 Å². The topological polar surface area (TPSA) is 745 Å². The molecule has 6 rings (SSSR count). The van der Waals surface area contributed by atoms with Crippen LogP contribution in [0.25, 0.3) is 83.5 Å². The standard InChI is InChI=1S/C54H70N24O30/c1-17(79)89-15-32-42(106-51-35(69-77-61)45(96-23(7)85)40(93-20(4)82)30(101-51)13-64-72-56)48(98-25(9)87)53(103-32)90-16-33-43(107-52-36(70-78-62)46(97-24(8)86)41(94-21(5)83)31(102-52)14-65-73-57)49(99-26(10)88)54(104-33)108-47-37(91-18(2)80)27(66-74-58)11-28(67-75-59)38(47)105-50-34(68-76-60)44(95-22(6)84)39(92-19(3)81)29(100-50)12-63-71-55/h27-54H,11-16H2,1-10H3/t27-,28?,29?,30+,31+,32-,33-,34?,35?,36?,37?,38+,39+,40-,41-,42+,43+,44-,45?,46?,47-,48?,49?,50+,51-,52-,53-,54+/m1/s1. The van der Waals surface area contributed by atoms with Gasteiger partial charge in [0.1, 0.15) is 79.7 Å². The molecule has 0 N–H and O–H groups in total. The molecule has 10 unspecified atom stereocenters. The lowest BCUT2D eigenvalue weighted by Crippen LogP contribution is -2.65. The first kappa shape index (κ1) is 85.7. The predicted octanol–water partition coefficient (Wildman–Crippen LogP) is 3.85. The Morgan fingerprint density at radius 3 is 0.898 bits per heavy atom. The summed E-state index contributed by atoms with van der Waals surface area (Å²) in [6, 6.07) is -9.28. The van der Waals surface area contributed by atoms with E-state index in [0.29, 0.717) is 0 Å². The summed E-state index contributed by atoms with van der Waals surface area (Å²) in [4.78, 5) is 152. The van der Waals surface area contributed by atoms with Gasteiger partial charge in [0, 0.05) is 109 Å². The van der Waals surface area contributed by atoms with Crippen LogP contribution in [0.1, 0.15) is 75.7 Å². The van der Waals surface area contributed by atoms with Crippen LogP contribution in [-0.4, -0.2) is 264 Å². The molecule has 5 saturated heterocycles. The molecule has 54 heteroatoms. The zero-order valence-corrected chi connectivity index (χ0v) is 58.4. The molecule has 5 heterocycles. The molecule has 0 spiro atoms. The van der Waals surface area contributed by atoms with Gasteiger partial charge in [-0.3, -0.25) is 47.9 Å². The van der Waals surface area contributed by atoms with Crippen LogP contribution in [0.3, 0.4) is 0 Å². The lowest BCUT2D eigenvalue weighted by molar-refractivity contribution is -0.309. The molecule has 28 atom stereocenters. The van der Waals surface area contributed by atoms with Crippen molar-refractivity contribution < 1.29 is 143 Å². The zero-order chi connectivity index (χ0) is 79.6. The van der Waals surface area contributed by atoms with E-state index in [-0.39, 0.29) is 0 Å². The predicted molar refractivity (Wildman–Crippen MR) is 337 cm³/mol. The van der Waals surface area contributed by atoms with E-state index in [1.165, 1.54) is 0 Å². The highest BCUT2D eigenvalue weighted by Gasteiger charge is 2.61. The van der Waals surface area contributed by atoms with Crippen LogP contribution in [0.5, 0.6) is 0 Å². The summed E-state index contributed by atoms with van der Waals surface area (Å²) in [6.07, 6.45) is -45.4. The van der Waals surface area contributed by atoms with E-state index in [1.807, 2.05) is 0 Å². The normalized spacial score (nSPS) is 34.4. The number of ether oxygens (including phenoxy) is 20. The molecule has 0 aromatic rings. The number of hydrogen-bond donors (Lipinski definition) is 0. The first-order valence-electron chi connectivity index (χ1n) is 31.9. The Morgan fingerprint density at radius 2 is 0.565 bits per heavy atom. The largest absolute Gasteiger partial charge is 0.463 e. The van der Waals surface area contributed by atoms with E-state index < -0.39 is 270 Å². The average molecular weight is 1540 g/mol. The third-order valence-electron chi connectivity index (χ3n) is 16.0. The monoisotopic (exact) mass is 1530 g/mol. The SMILES string of the molecule is CC(=O)OC[C@H]1O[C@@H](OC[C@H]2O[C@@H](O[C@@H]3C(OC(C)=O)[C@H](N=[N+]=[N-])CC(N=[N+]=[N-])[C@@H]3O[C@@H]3OC(CN=[N+]=[N-])[C@H](OC(C)=O)[C@H](OC(C)=O)C3N=[N+]=[N-])C(OC(C)=O)[C@H]2O[C@H]2O[C@@H](CN=[N+]=[N-])[C@@H](OC(C)=O)C(OC(C)=O)C2N=[N+]=[N-])C(OC(C)=O)[C@H]1O[C@H]1O[C@@H](CN=[N+]=[N-])[C@@H](OC(C)=O)C(OC(C)=O)C1N=[N+]=[N-]. The van der Waals surface area contributed by atoms with Gasteiger partial charge < -0.3 is 94.7 Å². The van der Waals surface area contributed by atoms with E-state index in [2.05, 4.69) is 80.2 Å². The van der Waals surface area contributed by atoms with Gasteiger partial charge in [-0.15, -0.1) is 0 Å². The Bertz CT molecular complexity index is 3720. The van der Waals surface area contributed by atoms with Gasteiger partial charge in [0.25, 0.3) is 0 Å². The lowest BCUT2D eigenvalue weighted by Gasteiger charge is -2.48. The van der Waals surface area contributed by atoms with Gasteiger partial charge in [0.05, 0.1) is 44.4 Å². The third kappa shape index (κ3) is 23.1. The summed E-state index contributed by atoms with van der Waals surface area (Å²) >= 11 is 0. The van der Waals surface area contributed by atoms with Crippen LogP contribution in [-0.2, 0) is 143 Å². The highest BCUT2D eigenvalue weighted by Crippen LogP contribution is 2.43. The van der Waals surface area contributed by atoms with Crippen molar-refractivity contribution in [2.75, 3.05) is 32.8 Å². The molecule has 5 aliphatic heterocycles. The Kier molecular flexibility index (Phi) is 32.6. The fourth-order valence-corrected chi connectivity index (χ4v) is 12.4. The van der Waals surface area contributed by atoms with Crippen LogP contribution in [0.4, 0.5) is 0 Å². The maximum absolute atomic E-state index is 13.7. The number of carbonyl (C=O) groups is 10. The first-order valence-corrected chi connectivity index (χ1v) is 31.9. The van der Waals surface area contributed by atoms with Crippen molar-refractivity contribution in [3.8, 4) is 0 Å². The molecule has 0 amide bonds. The van der Waals surface area contributed by atoms with Gasteiger partial charge >= 0.3 is 59.7 Å². The third-order valence-corrected chi connectivity index (χ3v) is 16.0. The lowest BCUT2D eigenvalue weighted by atomic mass is 9.83. The van der Waals surface area contributed by atoms with Crippen LogP contribution >= 0.6 is 0 Å². The quantitative estimate of drug-likeness (QED) is 0.0296. The molecule has 0 aromatic heterocycles. The molecule has 6 fully saturated rings. The molecule has 586 valence electrons. The summed E-state index contributed by atoms with van der Waals surface area (Å²) in [6.45, 7) is 5.03. The Balaban J connectivity index is 1.59. The van der Waals surface area contributed by atoms with Gasteiger partial charge in [0.15, 0.2) is 80.3 Å². The van der Waals surface area contributed by atoms with E-state index >= 15 is 0 Å². The summed E-state index contributed by atoms with van der Waals surface area (Å²) in [7, 11) is 0. The molecule has 108 heavy (non-hydrogen) atoms. The van der Waals surface area contributed by atoms with Gasteiger partial charge in [-0.25, -0.2) is 0 Å². The van der Waals surface area contributed by atoms with Crippen molar-refractivity contribution in [2.45, 2.75) is 247 Å². The summed E-state index contributed by atoms with van der Waals surface area (Å²) in [5.41, 5.74) is 78.6. The number of hydrogen-bond acceptors (Lipinski definition) is 38. The second-order valence-corrected chi connectivity index (χ2v) is 23.5. The van der Waals surface area contributed by atoms with E-state index in [9.17, 15) is 92.2 Å². The highest BCUT2D eigenvalue weighted by molar-refractivity contribution is 5.70. The second kappa shape index (κ2) is 41.0. The summed E-state index contributed by atoms with van der Waals surface area (Å²) in [5, 5.41) is 29.3. The molecule has 1 aliphatic carbocycles. The zero-order valence-electron chi connectivity index (χ0n) is 58.4. The van der Waals surface area contributed by atoms with Crippen LogP contribution in [0.15, 0.2) is 40.9 Å². The van der Waals surface area contributed by atoms with Crippen molar-refractivity contribution in [3.05, 3.63) is 83.5 Å². The molecule has 0 radical (unpaired) electrons. The van der Waals surface area contributed by atoms with Crippen molar-refractivity contribution >= 4 is 59.7 Å². The minimum atomic E-state index is -2.33. The fraction of sp³-hybridized carbons (Fsp3) is 0.815. The number of esters is 10. The fourth-order valence-electron chi connectivity index (χ4n) is 12.4. The molecule has 0 aromatic carbocycles. The second-order valence-electron chi connectivity index (χ2n) is 23.5. The van der Waals surface area contributed by atoms with Crippen molar-refractivity contribution in [1.82, 2.24) is 0 Å². The van der Waals surface area contributed by atoms with Crippen LogP contribution in [0, 0.1) is 0 Å². The Labute approximate surface area is 605 Å². The smallest absolute Gasteiger partial charge is 0.303 e. The molecule has 6 aliphatic rings. The molecular weight excluding hydrogens is 1460 g/mol. The van der Waals surface area contributed by atoms with Gasteiger partial charge in [0.2, 0.25) is 0 Å². The molecule has 0 bridgehead atoms. The summed E-state index contributed by atoms with van der Waals surface area (Å²) in [5.74, 6) is -10.8. The summed E-state index contributed by atoms with van der Waals surface area (Å²) < 4.78 is 120. The van der Waals surface area contributed by atoms with E-state index in [0.717, 1.165) is 69.2 Å². The maximum Gasteiger partial charge on any atom is 0.303 e. The molecular formula is C54H70N24O30. The van der Waals surface area contributed by atoms with Crippen molar-refractivity contribution in [1.29, 1.82) is 0 Å². The number of carbonyl (C=O) groups excluding carboxylic acids is 10. The maximum atomic E-state index is 13.7. The molecule has 54 nitrogen and oxygen atoms in total. The Morgan fingerprint density at radius 1 is 0.287 bits per heavy atom. The van der Waals surface area contributed by atoms with Gasteiger partial charge in [-0.05, 0) is 50.7 Å². The number of nitrogens with zero attached hydrogens (tertiary/aromatic N) is 24. The highest BCUT2D eigenvalue weighted by atomic mass is 16.8. The minimum Gasteiger partial charge on any atom is -0.463 e. The van der Waals surface area contributed by atoms with Crippen LogP contribution < -0.4 is 0 Å². The molecule has 1 saturated carbocycles. The minimum absolute atomic E-state index is 0.637. The average Bonchev–Trinajstić information content (AvgIpc) is 1.45. The van der Waals surface area contributed by atoms with Gasteiger partial charge in [-0.1, -0.05) is 40.9 Å².